The lowest BCUT2D eigenvalue weighted by molar-refractivity contribution is 0.0606. The van der Waals surface area contributed by atoms with Gasteiger partial charge in [-0.1, -0.05) is 22.4 Å². The quantitative estimate of drug-likeness (QED) is 0.201. The fourth-order valence-electron chi connectivity index (χ4n) is 0.816. The zero-order valence-electron chi connectivity index (χ0n) is 8.51. The molecule has 1 aromatic heterocycles. The normalized spacial score (nSPS) is 8.56. The molecule has 0 fully saturated rings. The Morgan fingerprint density at radius 1 is 1.81 bits per heavy atom. The molecule has 0 aliphatic carbocycles. The summed E-state index contributed by atoms with van der Waals surface area (Å²) < 4.78 is 4.54. The van der Waals surface area contributed by atoms with Crippen LogP contribution >= 0.6 is 11.3 Å². The van der Waals surface area contributed by atoms with E-state index in [9.17, 15) is 4.79 Å². The van der Waals surface area contributed by atoms with Gasteiger partial charge < -0.3 is 4.74 Å². The van der Waals surface area contributed by atoms with Gasteiger partial charge in [0.25, 0.3) is 0 Å². The number of methoxy groups -OCH3 is 1. The summed E-state index contributed by atoms with van der Waals surface area (Å²) in [6.45, 7) is 0.332. The first-order valence-electron chi connectivity index (χ1n) is 4.32. The van der Waals surface area contributed by atoms with Crippen molar-refractivity contribution in [2.24, 2.45) is 5.11 Å². The van der Waals surface area contributed by atoms with E-state index < -0.39 is 5.97 Å². The molecule has 1 aromatic rings. The second-order valence-electron chi connectivity index (χ2n) is 2.53. The Bertz CT molecular complexity index is 479. The lowest BCUT2D eigenvalue weighted by Crippen LogP contribution is -1.96. The molecule has 0 N–H and O–H groups in total. The lowest BCUT2D eigenvalue weighted by atomic mass is 10.4. The van der Waals surface area contributed by atoms with Crippen LogP contribution in [0.3, 0.4) is 0 Å². The van der Waals surface area contributed by atoms with E-state index in [1.807, 2.05) is 0 Å². The first-order valence-corrected chi connectivity index (χ1v) is 5.13. The minimum atomic E-state index is -0.417. The van der Waals surface area contributed by atoms with Crippen LogP contribution in [0.15, 0.2) is 11.3 Å². The third-order valence-electron chi connectivity index (χ3n) is 1.49. The molecular formula is C9H8N4O2S. The van der Waals surface area contributed by atoms with Gasteiger partial charge in [-0.25, -0.2) is 9.78 Å². The second-order valence-corrected chi connectivity index (χ2v) is 3.56. The number of esters is 1. The molecule has 0 amide bonds. The van der Waals surface area contributed by atoms with Crippen LogP contribution in [-0.4, -0.2) is 24.6 Å². The van der Waals surface area contributed by atoms with Gasteiger partial charge in [-0.15, -0.1) is 0 Å². The van der Waals surface area contributed by atoms with Crippen LogP contribution < -0.4 is 0 Å². The number of azide groups is 1. The van der Waals surface area contributed by atoms with Gasteiger partial charge in [-0.05, 0) is 11.5 Å². The van der Waals surface area contributed by atoms with E-state index in [-0.39, 0.29) is 0 Å². The van der Waals surface area contributed by atoms with E-state index in [0.717, 1.165) is 0 Å². The van der Waals surface area contributed by atoms with E-state index in [1.54, 1.807) is 0 Å². The highest BCUT2D eigenvalue weighted by Crippen LogP contribution is 2.12. The maximum Gasteiger partial charge on any atom is 0.349 e. The molecule has 0 saturated carbocycles. The number of hydrogen-bond acceptors (Lipinski definition) is 5. The maximum atomic E-state index is 11.1. The molecule has 16 heavy (non-hydrogen) atoms. The average molecular weight is 236 g/mol. The summed E-state index contributed by atoms with van der Waals surface area (Å²) in [6.07, 6.45) is 1.89. The Labute approximate surface area is 95.9 Å². The average Bonchev–Trinajstić information content (AvgIpc) is 2.76. The molecule has 0 aliphatic heterocycles. The van der Waals surface area contributed by atoms with Crippen LogP contribution in [0.1, 0.15) is 21.1 Å². The number of carbonyl (C=O) groups excluding carboxylic acids is 1. The Kier molecular flexibility index (Phi) is 4.86. The van der Waals surface area contributed by atoms with Crippen molar-refractivity contribution >= 4 is 17.3 Å². The maximum absolute atomic E-state index is 11.1. The van der Waals surface area contributed by atoms with Crippen LogP contribution in [0.2, 0.25) is 0 Å². The molecule has 0 saturated heterocycles. The predicted octanol–water partition coefficient (Wildman–Crippen LogP) is 1.98. The van der Waals surface area contributed by atoms with Gasteiger partial charge in [0.1, 0.15) is 4.88 Å². The zero-order chi connectivity index (χ0) is 11.8. The molecule has 0 aromatic carbocycles. The molecule has 1 heterocycles. The fraction of sp³-hybridized carbons (Fsp3) is 0.333. The highest BCUT2D eigenvalue weighted by Gasteiger charge is 2.08. The predicted molar refractivity (Wildman–Crippen MR) is 59.0 cm³/mol. The largest absolute Gasteiger partial charge is 0.465 e. The van der Waals surface area contributed by atoms with Crippen LogP contribution in [0.4, 0.5) is 0 Å². The summed E-state index contributed by atoms with van der Waals surface area (Å²) in [7, 11) is 1.31. The number of hydrogen-bond donors (Lipinski definition) is 0. The van der Waals surface area contributed by atoms with Crippen LogP contribution in [0, 0.1) is 11.8 Å². The molecule has 6 nitrogen and oxygen atoms in total. The van der Waals surface area contributed by atoms with E-state index in [2.05, 4.69) is 31.6 Å². The number of thiazole rings is 1. The molecule has 1 rings (SSSR count). The fourth-order valence-corrected chi connectivity index (χ4v) is 1.52. The minimum Gasteiger partial charge on any atom is -0.465 e. The number of ether oxygens (including phenoxy) is 1. The summed E-state index contributed by atoms with van der Waals surface area (Å²) >= 11 is 1.17. The molecule has 0 unspecified atom stereocenters. The van der Waals surface area contributed by atoms with Crippen LogP contribution in [0.5, 0.6) is 0 Å². The first-order chi connectivity index (χ1) is 7.77. The van der Waals surface area contributed by atoms with Crippen molar-refractivity contribution in [1.29, 1.82) is 0 Å². The summed E-state index contributed by atoms with van der Waals surface area (Å²) in [5.41, 5.74) is 8.02. The van der Waals surface area contributed by atoms with Crippen molar-refractivity contribution in [2.45, 2.75) is 6.42 Å². The van der Waals surface area contributed by atoms with E-state index in [1.165, 1.54) is 24.6 Å². The van der Waals surface area contributed by atoms with Gasteiger partial charge >= 0.3 is 5.97 Å². The standard InChI is InChI=1S/C9H8N4O2S/c1-15-9(14)7-6-11-8(16-7)4-2-3-5-12-13-10/h6H,3,5H2,1H3. The summed E-state index contributed by atoms with van der Waals surface area (Å²) in [5.74, 6) is 5.14. The molecule has 0 spiro atoms. The highest BCUT2D eigenvalue weighted by atomic mass is 32.1. The molecule has 82 valence electrons. The van der Waals surface area contributed by atoms with Crippen LogP contribution in [0.25, 0.3) is 10.4 Å². The Morgan fingerprint density at radius 3 is 3.31 bits per heavy atom. The van der Waals surface area contributed by atoms with Crippen molar-refractivity contribution in [3.8, 4) is 11.8 Å². The van der Waals surface area contributed by atoms with Crippen molar-refractivity contribution in [1.82, 2.24) is 4.98 Å². The van der Waals surface area contributed by atoms with Gasteiger partial charge in [0.15, 0.2) is 5.01 Å². The van der Waals surface area contributed by atoms with Gasteiger partial charge in [0.2, 0.25) is 0 Å². The van der Waals surface area contributed by atoms with E-state index in [4.69, 9.17) is 5.53 Å². The van der Waals surface area contributed by atoms with E-state index in [0.29, 0.717) is 22.9 Å². The van der Waals surface area contributed by atoms with Gasteiger partial charge in [0, 0.05) is 17.9 Å². The highest BCUT2D eigenvalue weighted by molar-refractivity contribution is 7.14. The Hall–Kier alpha value is -2.03. The third-order valence-corrected chi connectivity index (χ3v) is 2.38. The SMILES string of the molecule is COC(=O)c1cnc(C#CCCN=[N+]=[N-])s1. The van der Waals surface area contributed by atoms with Gasteiger partial charge in [-0.2, -0.15) is 0 Å². The number of carbonyl (C=O) groups is 1. The third kappa shape index (κ3) is 3.61. The molecule has 7 heteroatoms. The molecular weight excluding hydrogens is 228 g/mol. The topological polar surface area (TPSA) is 88.0 Å². The Morgan fingerprint density at radius 2 is 2.62 bits per heavy atom. The summed E-state index contributed by atoms with van der Waals surface area (Å²) in [6, 6.07) is 0. The number of rotatable bonds is 3. The zero-order valence-corrected chi connectivity index (χ0v) is 9.32. The molecule has 0 radical (unpaired) electrons. The first kappa shape index (κ1) is 12.0. The van der Waals surface area contributed by atoms with Crippen LogP contribution in [-0.2, 0) is 4.74 Å². The summed E-state index contributed by atoms with van der Waals surface area (Å²) in [5, 5.41) is 3.88. The number of aromatic nitrogens is 1. The van der Waals surface area contributed by atoms with Gasteiger partial charge in [0.05, 0.1) is 13.3 Å². The van der Waals surface area contributed by atoms with Crippen molar-refractivity contribution in [3.63, 3.8) is 0 Å². The smallest absolute Gasteiger partial charge is 0.349 e. The number of nitrogens with zero attached hydrogens (tertiary/aromatic N) is 4. The molecule has 0 bridgehead atoms. The van der Waals surface area contributed by atoms with Crippen molar-refractivity contribution in [3.05, 3.63) is 26.5 Å². The lowest BCUT2D eigenvalue weighted by Gasteiger charge is -1.89. The van der Waals surface area contributed by atoms with E-state index >= 15 is 0 Å². The minimum absolute atomic E-state index is 0.332. The molecule has 0 atom stereocenters. The Balaban J connectivity index is 2.57. The molecule has 0 aliphatic rings. The van der Waals surface area contributed by atoms with Gasteiger partial charge in [-0.3, -0.25) is 0 Å². The monoisotopic (exact) mass is 236 g/mol. The summed E-state index contributed by atoms with van der Waals surface area (Å²) in [4.78, 5) is 18.1. The van der Waals surface area contributed by atoms with Crippen molar-refractivity contribution in [2.75, 3.05) is 13.7 Å². The second kappa shape index (κ2) is 6.45. The van der Waals surface area contributed by atoms with Crippen molar-refractivity contribution < 1.29 is 9.53 Å².